The Bertz CT molecular complexity index is 2500. The van der Waals surface area contributed by atoms with E-state index in [2.05, 4.69) is 47.2 Å². The number of aromatic nitrogens is 3. The molecule has 3 aromatic heterocycles. The molecule has 3 aromatic rings. The van der Waals surface area contributed by atoms with Crippen molar-refractivity contribution < 1.29 is 64.6 Å². The molecular weight excluding hydrogens is 966 g/mol. The van der Waals surface area contributed by atoms with Crippen molar-refractivity contribution in [3.63, 3.8) is 0 Å². The van der Waals surface area contributed by atoms with Crippen LogP contribution in [0.15, 0.2) is 59.6 Å². The maximum atomic E-state index is 11.9. The number of aliphatic hydroxyl groups is 3. The Labute approximate surface area is 396 Å². The van der Waals surface area contributed by atoms with Gasteiger partial charge in [0.1, 0.15) is 24.1 Å². The summed E-state index contributed by atoms with van der Waals surface area (Å²) in [7, 11) is -6.05. The number of halogens is 4. The number of nitriles is 2. The Hall–Kier alpha value is -4.33. The van der Waals surface area contributed by atoms with E-state index in [1.165, 1.54) is 11.6 Å². The van der Waals surface area contributed by atoms with Crippen LogP contribution in [-0.4, -0.2) is 82.3 Å². The molecule has 9 rings (SSSR count). The van der Waals surface area contributed by atoms with Crippen LogP contribution < -0.4 is 5.46 Å². The van der Waals surface area contributed by atoms with E-state index in [4.69, 9.17) is 34.0 Å². The summed E-state index contributed by atoms with van der Waals surface area (Å²) in [5, 5.41) is 46.9. The molecule has 0 aromatic carbocycles. The van der Waals surface area contributed by atoms with Crippen LogP contribution >= 0.6 is 15.9 Å². The molecule has 2 aliphatic carbocycles. The largest absolute Gasteiger partial charge is 0.534 e. The molecule has 360 valence electrons. The fourth-order valence-electron chi connectivity index (χ4n) is 7.77. The van der Waals surface area contributed by atoms with E-state index in [0.29, 0.717) is 46.1 Å². The Kier molecular flexibility index (Phi) is 17.1. The minimum atomic E-state index is -5.57. The Morgan fingerprint density at radius 2 is 1.21 bits per heavy atom. The Balaban J connectivity index is 0.000000150. The van der Waals surface area contributed by atoms with Crippen LogP contribution in [0.3, 0.4) is 0 Å². The van der Waals surface area contributed by atoms with Gasteiger partial charge in [0.05, 0.1) is 74.8 Å². The highest BCUT2D eigenvalue weighted by atomic mass is 79.9. The number of hydrogen-bond donors (Lipinski definition) is 3. The van der Waals surface area contributed by atoms with Crippen molar-refractivity contribution >= 4 is 44.2 Å². The highest BCUT2D eigenvalue weighted by molar-refractivity contribution is 9.10. The molecule has 4 aliphatic heterocycles. The van der Waals surface area contributed by atoms with Gasteiger partial charge >= 0.3 is 22.7 Å². The second-order valence-corrected chi connectivity index (χ2v) is 19.9. The summed E-state index contributed by atoms with van der Waals surface area (Å²) in [6.45, 7) is 10.6. The second-order valence-electron chi connectivity index (χ2n) is 17.5. The monoisotopic (exact) mass is 1020 g/mol. The lowest BCUT2D eigenvalue weighted by Gasteiger charge is -2.32. The lowest BCUT2D eigenvalue weighted by atomic mass is 9.75. The fraction of sp³-hybridized carbons (Fsp3) is 0.533. The van der Waals surface area contributed by atoms with Crippen molar-refractivity contribution in [3.8, 4) is 12.1 Å². The Morgan fingerprint density at radius 1 is 0.731 bits per heavy atom. The van der Waals surface area contributed by atoms with Crippen LogP contribution in [-0.2, 0) is 57.6 Å². The summed E-state index contributed by atoms with van der Waals surface area (Å²) in [4.78, 5) is 12.4. The molecule has 3 N–H and O–H groups in total. The number of nitrogens with zero attached hydrogens (tertiary/aromatic N) is 5. The molecule has 1 saturated heterocycles. The highest BCUT2D eigenvalue weighted by Gasteiger charge is 2.53. The number of ether oxygens (including phenoxy) is 3. The van der Waals surface area contributed by atoms with Crippen molar-refractivity contribution in [3.05, 3.63) is 98.5 Å². The number of aliphatic hydroxyl groups excluding tert-OH is 3. The Morgan fingerprint density at radius 3 is 1.70 bits per heavy atom. The van der Waals surface area contributed by atoms with E-state index < -0.39 is 52.3 Å². The van der Waals surface area contributed by atoms with Crippen LogP contribution in [0.5, 0.6) is 0 Å². The van der Waals surface area contributed by atoms with Crippen molar-refractivity contribution in [2.75, 3.05) is 19.8 Å². The molecule has 0 amide bonds. The van der Waals surface area contributed by atoms with Gasteiger partial charge < -0.3 is 43.0 Å². The number of allylic oxidation sites excluding steroid dienone is 4. The number of fused-ring (bicyclic) bond motifs is 3. The third-order valence-corrected chi connectivity index (χ3v) is 14.1. The van der Waals surface area contributed by atoms with Crippen molar-refractivity contribution in [1.29, 1.82) is 10.5 Å². The van der Waals surface area contributed by atoms with Gasteiger partial charge in [-0.2, -0.15) is 32.1 Å². The third kappa shape index (κ3) is 12.5. The summed E-state index contributed by atoms with van der Waals surface area (Å²) >= 11 is 3.36. The van der Waals surface area contributed by atoms with Gasteiger partial charge in [-0.25, -0.2) is 0 Å². The molecule has 6 aliphatic rings. The van der Waals surface area contributed by atoms with Gasteiger partial charge in [-0.1, -0.05) is 6.08 Å². The van der Waals surface area contributed by atoms with Crippen molar-refractivity contribution in [2.45, 2.75) is 121 Å². The molecule has 22 heteroatoms. The maximum Gasteiger partial charge on any atom is 0.534 e. The molecular formula is C45H52BBrF3N5O11S. The number of hydrogen-bond acceptors (Lipinski definition) is 16. The normalized spacial score (nSPS) is 24.9. The quantitative estimate of drug-likeness (QED) is 0.139. The molecule has 0 radical (unpaired) electrons. The zero-order valence-electron chi connectivity index (χ0n) is 37.3. The number of rotatable bonds is 4. The van der Waals surface area contributed by atoms with E-state index in [0.717, 1.165) is 68.1 Å². The lowest BCUT2D eigenvalue weighted by molar-refractivity contribution is -0.0524. The van der Waals surface area contributed by atoms with Crippen molar-refractivity contribution in [2.24, 2.45) is 11.8 Å². The molecule has 16 nitrogen and oxygen atoms in total. The highest BCUT2D eigenvalue weighted by Crippen LogP contribution is 2.38. The zero-order valence-corrected chi connectivity index (χ0v) is 39.7. The standard InChI is InChI=1S/C15H16N2O2.C14H20BNO4.C8H8BrNO2.C8H8F3NO3S/c16-5-10-1-3-11(4-2-10)12-6-17-7-13-14(12)8-19-9-15(13)18;1-13(2)14(3,4)20-15(19-13)11-6-16-5-9-10(11)7-18-8-12(9)17;9-7-2-10-1-5-6(7)3-12-4-8(5)11;9-8(10,11)16(13,14)15-7-3-1-6(5-12)2-4-7/h3,6-7,10,15,18H,1-2,4,8-9H2;5-6,12,17H,7-8H2,1-4H3;1-2,8,11H,3-4H2;3,6H,1-2,4H2. The lowest BCUT2D eigenvalue weighted by Crippen LogP contribution is -2.41. The number of pyridine rings is 3. The van der Waals surface area contributed by atoms with Gasteiger partial charge in [-0.15, -0.1) is 0 Å². The third-order valence-electron chi connectivity index (χ3n) is 12.4. The molecule has 7 heterocycles. The first-order valence-corrected chi connectivity index (χ1v) is 23.7. The zero-order chi connectivity index (χ0) is 48.7. The van der Waals surface area contributed by atoms with Crippen LogP contribution in [0.4, 0.5) is 13.2 Å². The first kappa shape index (κ1) is 52.1. The van der Waals surface area contributed by atoms with Gasteiger partial charge in [-0.3, -0.25) is 15.0 Å². The molecule has 67 heavy (non-hydrogen) atoms. The SMILES string of the molecule is CC1(C)OB(c2cncc3c2COCC3O)OC1(C)C.N#CC1CC=C(OS(=O)(=O)C(F)(F)F)CC1.N#CC1CC=C(c2cncc3c2COCC3O)CC1.OC1COCc2c(Br)cncc21. The van der Waals surface area contributed by atoms with E-state index in [9.17, 15) is 36.9 Å². The fourth-order valence-corrected chi connectivity index (χ4v) is 8.76. The van der Waals surface area contributed by atoms with E-state index >= 15 is 0 Å². The number of alkyl halides is 3. The van der Waals surface area contributed by atoms with Gasteiger partial charge in [0.2, 0.25) is 0 Å². The van der Waals surface area contributed by atoms with Crippen LogP contribution in [0.25, 0.3) is 5.57 Å². The predicted molar refractivity (Wildman–Crippen MR) is 238 cm³/mol. The first-order valence-electron chi connectivity index (χ1n) is 21.5. The molecule has 5 unspecified atom stereocenters. The van der Waals surface area contributed by atoms with Crippen molar-refractivity contribution in [1.82, 2.24) is 15.0 Å². The van der Waals surface area contributed by atoms with Crippen LogP contribution in [0, 0.1) is 34.5 Å². The average molecular weight is 1020 g/mol. The molecule has 5 atom stereocenters. The van der Waals surface area contributed by atoms with E-state index in [1.54, 1.807) is 31.0 Å². The smallest absolute Gasteiger partial charge is 0.399 e. The molecule has 0 spiro atoms. The average Bonchev–Trinajstić information content (AvgIpc) is 3.52. The van der Waals surface area contributed by atoms with Gasteiger partial charge in [0.15, 0.2) is 0 Å². The molecule has 0 saturated carbocycles. The summed E-state index contributed by atoms with van der Waals surface area (Å²) in [6.07, 6.45) is 15.1. The molecule has 1 fully saturated rings. The van der Waals surface area contributed by atoms with E-state index in [1.807, 2.05) is 40.0 Å². The summed E-state index contributed by atoms with van der Waals surface area (Å²) in [5.74, 6) is -0.400. The summed E-state index contributed by atoms with van der Waals surface area (Å²) in [5.41, 5.74) is 2.49. The van der Waals surface area contributed by atoms with Crippen LogP contribution in [0.2, 0.25) is 0 Å². The second kappa shape index (κ2) is 22.0. The van der Waals surface area contributed by atoms with E-state index in [-0.39, 0.29) is 30.4 Å². The van der Waals surface area contributed by atoms with Gasteiger partial charge in [-0.05, 0) is 98.5 Å². The summed E-state index contributed by atoms with van der Waals surface area (Å²) in [6, 6.07) is 4.27. The minimum absolute atomic E-state index is 0.0214. The van der Waals surface area contributed by atoms with Crippen LogP contribution in [0.1, 0.15) is 123 Å². The van der Waals surface area contributed by atoms with Gasteiger partial charge in [0.25, 0.3) is 0 Å². The minimum Gasteiger partial charge on any atom is -0.399 e. The van der Waals surface area contributed by atoms with Gasteiger partial charge in [0, 0.05) is 81.4 Å². The first-order chi connectivity index (χ1) is 31.7. The molecule has 0 bridgehead atoms. The topological polar surface area (TPSA) is 236 Å². The summed E-state index contributed by atoms with van der Waals surface area (Å²) < 4.78 is 90.0. The predicted octanol–water partition coefficient (Wildman–Crippen LogP) is 6.76. The maximum absolute atomic E-state index is 11.9.